The third kappa shape index (κ3) is 3.37. The number of rotatable bonds is 2. The highest BCUT2D eigenvalue weighted by Gasteiger charge is 2.34. The fourth-order valence-electron chi connectivity index (χ4n) is 2.14. The molecule has 0 unspecified atom stereocenters. The Kier molecular flexibility index (Phi) is 4.73. The van der Waals surface area contributed by atoms with Crippen molar-refractivity contribution in [2.45, 2.75) is 6.29 Å². The monoisotopic (exact) mass is 452 g/mol. The smallest absolute Gasteiger partial charge is 0.348 e. The van der Waals surface area contributed by atoms with Crippen LogP contribution in [0.3, 0.4) is 0 Å². The lowest BCUT2D eigenvalue weighted by atomic mass is 10.1. The van der Waals surface area contributed by atoms with Gasteiger partial charge in [-0.2, -0.15) is 0 Å². The molecule has 5 nitrogen and oxygen atoms in total. The molecule has 1 aliphatic heterocycles. The molecule has 0 saturated carbocycles. The molecule has 1 saturated heterocycles. The molecule has 122 valence electrons. The van der Waals surface area contributed by atoms with Gasteiger partial charge < -0.3 is 14.6 Å². The largest absolute Gasteiger partial charge is 0.506 e. The second-order valence-corrected chi connectivity index (χ2v) is 6.71. The average Bonchev–Trinajstić information content (AvgIpc) is 2.55. The highest BCUT2D eigenvalue weighted by Crippen LogP contribution is 2.34. The minimum atomic E-state index is -1.08. The van der Waals surface area contributed by atoms with Gasteiger partial charge in [0.25, 0.3) is 6.29 Å². The van der Waals surface area contributed by atoms with Crippen molar-refractivity contribution in [2.75, 3.05) is 0 Å². The molecule has 0 aromatic heterocycles. The van der Waals surface area contributed by atoms with Gasteiger partial charge in [-0.3, -0.25) is 0 Å². The predicted molar refractivity (Wildman–Crippen MR) is 92.9 cm³/mol. The minimum absolute atomic E-state index is 0.100. The van der Waals surface area contributed by atoms with Gasteiger partial charge in [-0.1, -0.05) is 46.3 Å². The highest BCUT2D eigenvalue weighted by atomic mass is 79.9. The van der Waals surface area contributed by atoms with Crippen molar-refractivity contribution in [1.82, 2.24) is 0 Å². The predicted octanol–water partition coefficient (Wildman–Crippen LogP) is 4.10. The summed E-state index contributed by atoms with van der Waals surface area (Å²) < 4.78 is 11.4. The first-order valence-corrected chi connectivity index (χ1v) is 8.41. The summed E-state index contributed by atoms with van der Waals surface area (Å²) in [6, 6.07) is 11.9. The van der Waals surface area contributed by atoms with Crippen LogP contribution >= 0.6 is 31.9 Å². The summed E-state index contributed by atoms with van der Waals surface area (Å²) in [5.41, 5.74) is 0.548. The van der Waals surface area contributed by atoms with Crippen molar-refractivity contribution in [1.29, 1.82) is 0 Å². The lowest BCUT2D eigenvalue weighted by Gasteiger charge is -2.24. The molecule has 1 fully saturated rings. The molecule has 2 aromatic rings. The number of carbonyl (C=O) groups excluding carboxylic acids is 2. The van der Waals surface area contributed by atoms with E-state index in [2.05, 4.69) is 31.9 Å². The normalized spacial score (nSPS) is 17.2. The summed E-state index contributed by atoms with van der Waals surface area (Å²) in [4.78, 5) is 24.4. The standard InChI is InChI=1S/C17H10Br2O5/c18-11-6-10(14(20)13(19)8-11)7-12-15(21)23-17(24-16(12)22)9-4-2-1-3-5-9/h1-8,17,20H. The van der Waals surface area contributed by atoms with Crippen molar-refractivity contribution in [3.63, 3.8) is 0 Å². The third-order valence-corrected chi connectivity index (χ3v) is 4.36. The van der Waals surface area contributed by atoms with Crippen molar-refractivity contribution in [2.24, 2.45) is 0 Å². The third-order valence-electron chi connectivity index (χ3n) is 3.30. The Hall–Kier alpha value is -2.12. The van der Waals surface area contributed by atoms with E-state index in [1.807, 2.05) is 0 Å². The zero-order chi connectivity index (χ0) is 17.3. The van der Waals surface area contributed by atoms with Crippen LogP contribution in [-0.2, 0) is 19.1 Å². The van der Waals surface area contributed by atoms with Crippen LogP contribution in [0.5, 0.6) is 5.75 Å². The van der Waals surface area contributed by atoms with Crippen LogP contribution in [0.1, 0.15) is 17.4 Å². The molecule has 0 amide bonds. The number of hydrogen-bond donors (Lipinski definition) is 1. The molecule has 7 heteroatoms. The van der Waals surface area contributed by atoms with E-state index in [1.165, 1.54) is 6.08 Å². The highest BCUT2D eigenvalue weighted by molar-refractivity contribution is 9.11. The Morgan fingerprint density at radius 1 is 1.00 bits per heavy atom. The Morgan fingerprint density at radius 3 is 2.25 bits per heavy atom. The van der Waals surface area contributed by atoms with Gasteiger partial charge in [0.05, 0.1) is 4.47 Å². The van der Waals surface area contributed by atoms with E-state index in [-0.39, 0.29) is 16.9 Å². The number of benzene rings is 2. The quantitative estimate of drug-likeness (QED) is 0.421. The molecule has 0 aliphatic carbocycles. The number of esters is 2. The van der Waals surface area contributed by atoms with Gasteiger partial charge in [-0.15, -0.1) is 0 Å². The first kappa shape index (κ1) is 16.7. The van der Waals surface area contributed by atoms with E-state index in [4.69, 9.17) is 9.47 Å². The number of ether oxygens (including phenoxy) is 2. The maximum absolute atomic E-state index is 12.2. The molecule has 0 spiro atoms. The van der Waals surface area contributed by atoms with Crippen molar-refractivity contribution in [3.8, 4) is 5.75 Å². The van der Waals surface area contributed by atoms with Gasteiger partial charge in [0.1, 0.15) is 11.3 Å². The lowest BCUT2D eigenvalue weighted by Crippen LogP contribution is -2.29. The molecule has 0 bridgehead atoms. The van der Waals surface area contributed by atoms with Crippen LogP contribution < -0.4 is 0 Å². The SMILES string of the molecule is O=C1OC(c2ccccc2)OC(=O)C1=Cc1cc(Br)cc(Br)c1O. The number of phenolic OH excluding ortho intramolecular Hbond substituents is 1. The van der Waals surface area contributed by atoms with E-state index in [0.29, 0.717) is 14.5 Å². The summed E-state index contributed by atoms with van der Waals surface area (Å²) in [5.74, 6) is -1.72. The van der Waals surface area contributed by atoms with Gasteiger partial charge >= 0.3 is 11.9 Å². The molecule has 24 heavy (non-hydrogen) atoms. The summed E-state index contributed by atoms with van der Waals surface area (Å²) in [5, 5.41) is 10.0. The Bertz CT molecular complexity index is 826. The number of aromatic hydroxyl groups is 1. The Morgan fingerprint density at radius 2 is 1.62 bits per heavy atom. The first-order valence-electron chi connectivity index (χ1n) is 6.82. The van der Waals surface area contributed by atoms with E-state index < -0.39 is 18.2 Å². The van der Waals surface area contributed by atoms with E-state index in [0.717, 1.165) is 0 Å². The van der Waals surface area contributed by atoms with Gasteiger partial charge in [0.2, 0.25) is 0 Å². The van der Waals surface area contributed by atoms with E-state index in [9.17, 15) is 14.7 Å². The Balaban J connectivity index is 1.92. The molecule has 3 rings (SSSR count). The fourth-order valence-corrected chi connectivity index (χ4v) is 3.40. The molecule has 1 N–H and O–H groups in total. The molecular weight excluding hydrogens is 444 g/mol. The second kappa shape index (κ2) is 6.78. The second-order valence-electron chi connectivity index (χ2n) is 4.94. The van der Waals surface area contributed by atoms with Crippen LogP contribution in [0.4, 0.5) is 0 Å². The Labute approximate surface area is 154 Å². The van der Waals surface area contributed by atoms with Gasteiger partial charge in [-0.25, -0.2) is 9.59 Å². The molecule has 0 atom stereocenters. The average molecular weight is 454 g/mol. The van der Waals surface area contributed by atoms with Crippen molar-refractivity contribution < 1.29 is 24.2 Å². The van der Waals surface area contributed by atoms with E-state index >= 15 is 0 Å². The minimum Gasteiger partial charge on any atom is -0.506 e. The van der Waals surface area contributed by atoms with Gasteiger partial charge in [0, 0.05) is 15.6 Å². The zero-order valence-corrected chi connectivity index (χ0v) is 15.2. The number of halogens is 2. The van der Waals surface area contributed by atoms with Crippen molar-refractivity contribution >= 4 is 49.9 Å². The van der Waals surface area contributed by atoms with Crippen LogP contribution in [0.25, 0.3) is 6.08 Å². The number of hydrogen-bond acceptors (Lipinski definition) is 5. The topological polar surface area (TPSA) is 72.8 Å². The lowest BCUT2D eigenvalue weighted by molar-refractivity contribution is -0.195. The number of carbonyl (C=O) groups is 2. The summed E-state index contributed by atoms with van der Waals surface area (Å²) in [7, 11) is 0. The van der Waals surface area contributed by atoms with Crippen LogP contribution in [0.15, 0.2) is 57.0 Å². The summed E-state index contributed by atoms with van der Waals surface area (Å²) in [6.07, 6.45) is 0.155. The van der Waals surface area contributed by atoms with E-state index in [1.54, 1.807) is 42.5 Å². The maximum Gasteiger partial charge on any atom is 0.348 e. The molecular formula is C17H10Br2O5. The molecule has 0 radical (unpaired) electrons. The number of cyclic esters (lactones) is 2. The van der Waals surface area contributed by atoms with Gasteiger partial charge in [-0.05, 0) is 34.1 Å². The first-order chi connectivity index (χ1) is 11.5. The zero-order valence-electron chi connectivity index (χ0n) is 12.0. The van der Waals surface area contributed by atoms with Crippen molar-refractivity contribution in [3.05, 3.63) is 68.1 Å². The molecule has 1 heterocycles. The van der Waals surface area contributed by atoms with Crippen LogP contribution in [-0.4, -0.2) is 17.0 Å². The molecule has 2 aromatic carbocycles. The maximum atomic E-state index is 12.2. The fraction of sp³-hybridized carbons (Fsp3) is 0.0588. The van der Waals surface area contributed by atoms with Crippen LogP contribution in [0, 0.1) is 0 Å². The molecule has 1 aliphatic rings. The van der Waals surface area contributed by atoms with Crippen LogP contribution in [0.2, 0.25) is 0 Å². The summed E-state index contributed by atoms with van der Waals surface area (Å²) in [6.45, 7) is 0. The van der Waals surface area contributed by atoms with Gasteiger partial charge in [0.15, 0.2) is 0 Å². The number of phenols is 1. The summed E-state index contributed by atoms with van der Waals surface area (Å²) >= 11 is 6.47.